The van der Waals surface area contributed by atoms with E-state index < -0.39 is 0 Å². The highest BCUT2D eigenvalue weighted by Gasteiger charge is 2.19. The molecule has 0 atom stereocenters. The number of H-pyrrole nitrogens is 1. The Hall–Kier alpha value is -2.28. The number of anilines is 2. The van der Waals surface area contributed by atoms with Crippen LogP contribution in [0.25, 0.3) is 0 Å². The molecule has 0 spiro atoms. The standard InChI is InChI=1S/C23H36N6S/c1-4-5-10-29(17-20-16-24-18-26-20)22-8-6-21(7-9-22)27-11-13-28(14-12-27)23(30)25-15-19(2)3/h6-9,16,18-19H,4-5,10-15,17H2,1-3H3,(H,24,26)(H,25,30). The molecule has 30 heavy (non-hydrogen) atoms. The Kier molecular flexibility index (Phi) is 8.37. The highest BCUT2D eigenvalue weighted by molar-refractivity contribution is 7.80. The van der Waals surface area contributed by atoms with Crippen LogP contribution in [-0.4, -0.2) is 59.2 Å². The predicted octanol–water partition coefficient (Wildman–Crippen LogP) is 3.87. The molecule has 164 valence electrons. The lowest BCUT2D eigenvalue weighted by Crippen LogP contribution is -2.52. The van der Waals surface area contributed by atoms with Crippen molar-refractivity contribution in [1.82, 2.24) is 20.2 Å². The predicted molar refractivity (Wildman–Crippen MR) is 130 cm³/mol. The summed E-state index contributed by atoms with van der Waals surface area (Å²) in [5, 5.41) is 4.28. The molecule has 0 radical (unpaired) electrons. The second-order valence-electron chi connectivity index (χ2n) is 8.42. The molecule has 6 nitrogen and oxygen atoms in total. The van der Waals surface area contributed by atoms with E-state index in [1.165, 1.54) is 24.2 Å². The van der Waals surface area contributed by atoms with E-state index in [0.29, 0.717) is 5.92 Å². The zero-order valence-corrected chi connectivity index (χ0v) is 19.4. The van der Waals surface area contributed by atoms with Crippen LogP contribution in [0.2, 0.25) is 0 Å². The molecule has 1 aromatic heterocycles. The van der Waals surface area contributed by atoms with Crippen LogP contribution >= 0.6 is 12.2 Å². The third-order valence-corrected chi connectivity index (χ3v) is 5.91. The van der Waals surface area contributed by atoms with E-state index in [2.05, 4.69) is 75.0 Å². The second kappa shape index (κ2) is 11.2. The molecule has 0 unspecified atom stereocenters. The van der Waals surface area contributed by atoms with Gasteiger partial charge in [-0.15, -0.1) is 0 Å². The van der Waals surface area contributed by atoms with Crippen molar-refractivity contribution in [2.75, 3.05) is 49.1 Å². The van der Waals surface area contributed by atoms with Crippen molar-refractivity contribution in [2.45, 2.75) is 40.2 Å². The first-order chi connectivity index (χ1) is 14.6. The monoisotopic (exact) mass is 428 g/mol. The summed E-state index contributed by atoms with van der Waals surface area (Å²) in [7, 11) is 0. The highest BCUT2D eigenvalue weighted by atomic mass is 32.1. The van der Waals surface area contributed by atoms with E-state index in [-0.39, 0.29) is 0 Å². The van der Waals surface area contributed by atoms with Crippen LogP contribution in [0.5, 0.6) is 0 Å². The smallest absolute Gasteiger partial charge is 0.169 e. The maximum absolute atomic E-state index is 5.56. The fourth-order valence-electron chi connectivity index (χ4n) is 3.67. The van der Waals surface area contributed by atoms with Crippen LogP contribution in [-0.2, 0) is 6.54 Å². The van der Waals surface area contributed by atoms with Crippen LogP contribution in [0.3, 0.4) is 0 Å². The summed E-state index contributed by atoms with van der Waals surface area (Å²) in [5.74, 6) is 0.605. The summed E-state index contributed by atoms with van der Waals surface area (Å²) in [4.78, 5) is 14.6. The molecule has 0 bridgehead atoms. The zero-order valence-electron chi connectivity index (χ0n) is 18.6. The summed E-state index contributed by atoms with van der Waals surface area (Å²) in [6.45, 7) is 13.4. The number of imidazole rings is 1. The summed E-state index contributed by atoms with van der Waals surface area (Å²) >= 11 is 5.56. The number of benzene rings is 1. The largest absolute Gasteiger partial charge is 0.368 e. The van der Waals surface area contributed by atoms with Gasteiger partial charge in [-0.3, -0.25) is 0 Å². The van der Waals surface area contributed by atoms with Gasteiger partial charge in [0.05, 0.1) is 18.6 Å². The van der Waals surface area contributed by atoms with Gasteiger partial charge in [0.15, 0.2) is 5.11 Å². The Bertz CT molecular complexity index is 751. The van der Waals surface area contributed by atoms with E-state index in [9.17, 15) is 0 Å². The van der Waals surface area contributed by atoms with Crippen molar-refractivity contribution in [3.8, 4) is 0 Å². The summed E-state index contributed by atoms with van der Waals surface area (Å²) in [5.41, 5.74) is 3.70. The number of piperazine rings is 1. The van der Waals surface area contributed by atoms with Crippen LogP contribution in [0.1, 0.15) is 39.3 Å². The molecule has 1 aliphatic heterocycles. The summed E-state index contributed by atoms with van der Waals surface area (Å²) in [6.07, 6.45) is 6.03. The molecule has 0 saturated carbocycles. The van der Waals surface area contributed by atoms with Crippen molar-refractivity contribution in [1.29, 1.82) is 0 Å². The fraction of sp³-hybridized carbons (Fsp3) is 0.565. The van der Waals surface area contributed by atoms with Gasteiger partial charge in [-0.05, 0) is 48.8 Å². The maximum Gasteiger partial charge on any atom is 0.169 e. The number of rotatable bonds is 9. The Morgan fingerprint density at radius 1 is 1.20 bits per heavy atom. The van der Waals surface area contributed by atoms with E-state index in [1.807, 2.05) is 6.20 Å². The normalized spacial score (nSPS) is 14.3. The first-order valence-electron chi connectivity index (χ1n) is 11.2. The lowest BCUT2D eigenvalue weighted by Gasteiger charge is -2.37. The van der Waals surface area contributed by atoms with Crippen LogP contribution in [0.15, 0.2) is 36.8 Å². The summed E-state index contributed by atoms with van der Waals surface area (Å²) in [6, 6.07) is 9.02. The van der Waals surface area contributed by atoms with E-state index in [4.69, 9.17) is 12.2 Å². The molecule has 0 aliphatic carbocycles. The van der Waals surface area contributed by atoms with Crippen molar-refractivity contribution in [2.24, 2.45) is 5.92 Å². The molecule has 2 aromatic rings. The first kappa shape index (κ1) is 22.4. The molecular formula is C23H36N6S. The van der Waals surface area contributed by atoms with Gasteiger partial charge in [0.2, 0.25) is 0 Å². The molecule has 1 fully saturated rings. The number of thiocarbonyl (C=S) groups is 1. The van der Waals surface area contributed by atoms with Crippen molar-refractivity contribution in [3.63, 3.8) is 0 Å². The average Bonchev–Trinajstić information content (AvgIpc) is 3.28. The number of nitrogens with one attached hydrogen (secondary N) is 2. The third-order valence-electron chi connectivity index (χ3n) is 5.51. The minimum absolute atomic E-state index is 0.605. The number of aromatic nitrogens is 2. The maximum atomic E-state index is 5.56. The van der Waals surface area contributed by atoms with Gasteiger partial charge < -0.3 is 25.0 Å². The van der Waals surface area contributed by atoms with Gasteiger partial charge in [0.1, 0.15) is 0 Å². The van der Waals surface area contributed by atoms with Crippen molar-refractivity contribution >= 4 is 28.7 Å². The van der Waals surface area contributed by atoms with E-state index in [0.717, 1.165) is 56.6 Å². The molecule has 1 saturated heterocycles. The minimum Gasteiger partial charge on any atom is -0.368 e. The van der Waals surface area contributed by atoms with E-state index >= 15 is 0 Å². The number of hydrogen-bond acceptors (Lipinski definition) is 4. The number of unbranched alkanes of at least 4 members (excludes halogenated alkanes) is 1. The number of nitrogens with zero attached hydrogens (tertiary/aromatic N) is 4. The number of hydrogen-bond donors (Lipinski definition) is 2. The quantitative estimate of drug-likeness (QED) is 0.592. The lowest BCUT2D eigenvalue weighted by molar-refractivity contribution is 0.378. The third kappa shape index (κ3) is 6.36. The van der Waals surface area contributed by atoms with Gasteiger partial charge >= 0.3 is 0 Å². The molecule has 2 N–H and O–H groups in total. The zero-order chi connectivity index (χ0) is 21.3. The Labute approximate surface area is 186 Å². The molecular weight excluding hydrogens is 392 g/mol. The second-order valence-corrected chi connectivity index (χ2v) is 8.81. The van der Waals surface area contributed by atoms with Crippen LogP contribution in [0, 0.1) is 5.92 Å². The molecule has 3 rings (SSSR count). The van der Waals surface area contributed by atoms with Crippen LogP contribution < -0.4 is 15.1 Å². The SMILES string of the molecule is CCCCN(Cc1cnc[nH]1)c1ccc(N2CCN(C(=S)NCC(C)C)CC2)cc1. The molecule has 2 heterocycles. The topological polar surface area (TPSA) is 50.4 Å². The summed E-state index contributed by atoms with van der Waals surface area (Å²) < 4.78 is 0. The molecule has 7 heteroatoms. The molecule has 1 aromatic carbocycles. The van der Waals surface area contributed by atoms with Gasteiger partial charge in [0, 0.05) is 56.8 Å². The highest BCUT2D eigenvalue weighted by Crippen LogP contribution is 2.23. The molecule has 1 aliphatic rings. The average molecular weight is 429 g/mol. The van der Waals surface area contributed by atoms with Gasteiger partial charge in [-0.25, -0.2) is 4.98 Å². The Balaban J connectivity index is 1.56. The van der Waals surface area contributed by atoms with Gasteiger partial charge in [-0.2, -0.15) is 0 Å². The minimum atomic E-state index is 0.605. The van der Waals surface area contributed by atoms with Gasteiger partial charge in [-0.1, -0.05) is 27.2 Å². The van der Waals surface area contributed by atoms with Crippen LogP contribution in [0.4, 0.5) is 11.4 Å². The Morgan fingerprint density at radius 3 is 2.53 bits per heavy atom. The fourth-order valence-corrected chi connectivity index (χ4v) is 3.94. The van der Waals surface area contributed by atoms with Gasteiger partial charge in [0.25, 0.3) is 0 Å². The number of aromatic amines is 1. The van der Waals surface area contributed by atoms with Crippen molar-refractivity contribution in [3.05, 3.63) is 42.5 Å². The Morgan fingerprint density at radius 2 is 1.93 bits per heavy atom. The van der Waals surface area contributed by atoms with E-state index in [1.54, 1.807) is 6.33 Å². The van der Waals surface area contributed by atoms with Crippen molar-refractivity contribution < 1.29 is 0 Å². The first-order valence-corrected chi connectivity index (χ1v) is 11.6. The molecule has 0 amide bonds. The lowest BCUT2D eigenvalue weighted by atomic mass is 10.2.